The fraction of sp³-hybridized carbons (Fsp3) is 0.278. The van der Waals surface area contributed by atoms with E-state index in [0.29, 0.717) is 29.4 Å². The Labute approximate surface area is 156 Å². The van der Waals surface area contributed by atoms with Crippen molar-refractivity contribution >= 4 is 39.9 Å². The Hall–Kier alpha value is -1.59. The summed E-state index contributed by atoms with van der Waals surface area (Å²) < 4.78 is 13.7. The van der Waals surface area contributed by atoms with E-state index in [2.05, 4.69) is 21.2 Å². The van der Waals surface area contributed by atoms with E-state index in [9.17, 15) is 9.18 Å². The summed E-state index contributed by atoms with van der Waals surface area (Å²) in [6.45, 7) is 1.94. The van der Waals surface area contributed by atoms with Gasteiger partial charge in [-0.2, -0.15) is 0 Å². The number of benzene rings is 2. The Morgan fingerprint density at radius 3 is 2.67 bits per heavy atom. The molecule has 3 N–H and O–H groups in total. The number of hydrogen-bond donors (Lipinski definition) is 2. The molecule has 2 aromatic rings. The molecule has 2 rings (SSSR count). The molecule has 0 aromatic heterocycles. The number of carbonyl (C=O) groups excluding carboxylic acids is 1. The Kier molecular flexibility index (Phi) is 8.22. The molecular formula is C18H21BrClFN2O. The van der Waals surface area contributed by atoms with Gasteiger partial charge in [0.1, 0.15) is 5.82 Å². The third-order valence-electron chi connectivity index (χ3n) is 3.61. The number of amides is 1. The fourth-order valence-corrected chi connectivity index (χ4v) is 2.85. The van der Waals surface area contributed by atoms with Crippen LogP contribution in [0.5, 0.6) is 0 Å². The van der Waals surface area contributed by atoms with E-state index in [-0.39, 0.29) is 30.2 Å². The summed E-state index contributed by atoms with van der Waals surface area (Å²) in [6.07, 6.45) is 1.66. The van der Waals surface area contributed by atoms with Crippen LogP contribution < -0.4 is 11.1 Å². The third kappa shape index (κ3) is 6.13. The Bertz CT molecular complexity index is 696. The van der Waals surface area contributed by atoms with Crippen molar-refractivity contribution in [2.45, 2.75) is 32.2 Å². The van der Waals surface area contributed by atoms with E-state index in [1.54, 1.807) is 12.1 Å². The first-order valence-corrected chi connectivity index (χ1v) is 8.31. The Balaban J connectivity index is 0.00000288. The molecule has 130 valence electrons. The maximum Gasteiger partial charge on any atom is 0.220 e. The summed E-state index contributed by atoms with van der Waals surface area (Å²) in [5.74, 6) is -0.298. The molecule has 0 spiro atoms. The molecule has 3 nitrogen and oxygen atoms in total. The molecule has 1 amide bonds. The lowest BCUT2D eigenvalue weighted by Gasteiger charge is -2.14. The maximum atomic E-state index is 13.2. The largest absolute Gasteiger partial charge is 0.399 e. The summed E-state index contributed by atoms with van der Waals surface area (Å²) in [5, 5.41) is 2.96. The van der Waals surface area contributed by atoms with Crippen LogP contribution in [0, 0.1) is 5.82 Å². The summed E-state index contributed by atoms with van der Waals surface area (Å²) in [5.41, 5.74) is 8.54. The number of halogens is 3. The first kappa shape index (κ1) is 20.5. The van der Waals surface area contributed by atoms with Crippen molar-refractivity contribution in [1.29, 1.82) is 0 Å². The lowest BCUT2D eigenvalue weighted by Crippen LogP contribution is -2.34. The Morgan fingerprint density at radius 1 is 1.29 bits per heavy atom. The van der Waals surface area contributed by atoms with Gasteiger partial charge in [0.05, 0.1) is 4.47 Å². The summed E-state index contributed by atoms with van der Waals surface area (Å²) in [4.78, 5) is 12.0. The van der Waals surface area contributed by atoms with Crippen molar-refractivity contribution in [2.24, 2.45) is 0 Å². The fourth-order valence-electron chi connectivity index (χ4n) is 2.43. The second-order valence-corrected chi connectivity index (χ2v) is 6.47. The molecule has 0 fully saturated rings. The quantitative estimate of drug-likeness (QED) is 0.692. The van der Waals surface area contributed by atoms with E-state index >= 15 is 0 Å². The molecule has 0 saturated heterocycles. The molecule has 0 aliphatic carbocycles. The first-order chi connectivity index (χ1) is 11.0. The molecule has 1 atom stereocenters. The lowest BCUT2D eigenvalue weighted by molar-refractivity contribution is -0.121. The first-order valence-electron chi connectivity index (χ1n) is 7.52. The molecule has 0 radical (unpaired) electrons. The van der Waals surface area contributed by atoms with E-state index in [4.69, 9.17) is 5.73 Å². The summed E-state index contributed by atoms with van der Waals surface area (Å²) in [6, 6.07) is 12.4. The normalized spacial score (nSPS) is 11.5. The van der Waals surface area contributed by atoms with Crippen molar-refractivity contribution in [3.63, 3.8) is 0 Å². The average Bonchev–Trinajstić information content (AvgIpc) is 2.50. The van der Waals surface area contributed by atoms with Crippen LogP contribution in [0.4, 0.5) is 10.1 Å². The SMILES string of the molecule is CC(Cc1ccc(F)c(Br)c1)NC(=O)CCc1ccccc1N.Cl. The molecule has 0 saturated carbocycles. The maximum absolute atomic E-state index is 13.2. The van der Waals surface area contributed by atoms with Crippen molar-refractivity contribution in [2.75, 3.05) is 5.73 Å². The van der Waals surface area contributed by atoms with Crippen LogP contribution in [0.25, 0.3) is 0 Å². The molecule has 1 unspecified atom stereocenters. The molecule has 24 heavy (non-hydrogen) atoms. The number of nitrogens with one attached hydrogen (secondary N) is 1. The number of nitrogens with two attached hydrogens (primary N) is 1. The van der Waals surface area contributed by atoms with Crippen molar-refractivity contribution in [3.8, 4) is 0 Å². The summed E-state index contributed by atoms with van der Waals surface area (Å²) >= 11 is 3.17. The van der Waals surface area contributed by atoms with Crippen molar-refractivity contribution in [1.82, 2.24) is 5.32 Å². The predicted molar refractivity (Wildman–Crippen MR) is 102 cm³/mol. The number of anilines is 1. The minimum Gasteiger partial charge on any atom is -0.399 e. The molecule has 0 heterocycles. The van der Waals surface area contributed by atoms with Gasteiger partial charge in [0.2, 0.25) is 5.91 Å². The van der Waals surface area contributed by atoms with Crippen molar-refractivity contribution < 1.29 is 9.18 Å². The minimum atomic E-state index is -0.286. The van der Waals surface area contributed by atoms with Crippen LogP contribution in [0.2, 0.25) is 0 Å². The van der Waals surface area contributed by atoms with E-state index < -0.39 is 0 Å². The van der Waals surface area contributed by atoms with Crippen LogP contribution in [0.3, 0.4) is 0 Å². The molecule has 6 heteroatoms. The number of hydrogen-bond acceptors (Lipinski definition) is 2. The predicted octanol–water partition coefficient (Wildman–Crippen LogP) is 4.27. The molecule has 0 aliphatic heterocycles. The molecule has 0 aliphatic rings. The van der Waals surface area contributed by atoms with E-state index in [1.165, 1.54) is 6.07 Å². The summed E-state index contributed by atoms with van der Waals surface area (Å²) in [7, 11) is 0. The third-order valence-corrected chi connectivity index (χ3v) is 4.22. The van der Waals surface area contributed by atoms with Crippen LogP contribution in [0.15, 0.2) is 46.9 Å². The van der Waals surface area contributed by atoms with Crippen molar-refractivity contribution in [3.05, 3.63) is 63.9 Å². The van der Waals surface area contributed by atoms with Crippen LogP contribution in [0.1, 0.15) is 24.5 Å². The highest BCUT2D eigenvalue weighted by atomic mass is 79.9. The molecular weight excluding hydrogens is 395 g/mol. The van der Waals surface area contributed by atoms with Crippen LogP contribution in [-0.4, -0.2) is 11.9 Å². The van der Waals surface area contributed by atoms with Gasteiger partial charge in [-0.15, -0.1) is 12.4 Å². The molecule has 2 aromatic carbocycles. The monoisotopic (exact) mass is 414 g/mol. The van der Waals surface area contributed by atoms with E-state index in [0.717, 1.165) is 11.1 Å². The van der Waals surface area contributed by atoms with Gasteiger partial charge in [-0.25, -0.2) is 4.39 Å². The second kappa shape index (κ2) is 9.64. The number of rotatable bonds is 6. The Morgan fingerprint density at radius 2 is 2.00 bits per heavy atom. The van der Waals surface area contributed by atoms with Crippen LogP contribution in [-0.2, 0) is 17.6 Å². The number of para-hydroxylation sites is 1. The van der Waals surface area contributed by atoms with Gasteiger partial charge >= 0.3 is 0 Å². The zero-order valence-corrected chi connectivity index (χ0v) is 15.8. The second-order valence-electron chi connectivity index (χ2n) is 5.62. The average molecular weight is 416 g/mol. The lowest BCUT2D eigenvalue weighted by atomic mass is 10.1. The van der Waals surface area contributed by atoms with Gasteiger partial charge in [-0.3, -0.25) is 4.79 Å². The number of carbonyl (C=O) groups is 1. The van der Waals surface area contributed by atoms with E-state index in [1.807, 2.05) is 31.2 Å². The smallest absolute Gasteiger partial charge is 0.220 e. The van der Waals surface area contributed by atoms with Gasteiger partial charge in [0, 0.05) is 18.2 Å². The zero-order chi connectivity index (χ0) is 16.8. The highest BCUT2D eigenvalue weighted by Gasteiger charge is 2.10. The molecule has 0 bridgehead atoms. The van der Waals surface area contributed by atoms with Gasteiger partial charge in [0.15, 0.2) is 0 Å². The standard InChI is InChI=1S/C18H20BrFN2O.ClH/c1-12(10-13-6-8-16(20)15(19)11-13)22-18(23)9-7-14-4-2-3-5-17(14)21;/h2-6,8,11-12H,7,9-10,21H2,1H3,(H,22,23);1H. The van der Waals surface area contributed by atoms with Crippen LogP contribution >= 0.6 is 28.3 Å². The number of nitrogen functional groups attached to an aromatic ring is 1. The van der Waals surface area contributed by atoms with Gasteiger partial charge < -0.3 is 11.1 Å². The minimum absolute atomic E-state index is 0. The topological polar surface area (TPSA) is 55.1 Å². The van der Waals surface area contributed by atoms with Gasteiger partial charge in [0.25, 0.3) is 0 Å². The highest BCUT2D eigenvalue weighted by molar-refractivity contribution is 9.10. The number of aryl methyl sites for hydroxylation is 1. The van der Waals surface area contributed by atoms with Gasteiger partial charge in [-0.1, -0.05) is 24.3 Å². The highest BCUT2D eigenvalue weighted by Crippen LogP contribution is 2.18. The van der Waals surface area contributed by atoms with Gasteiger partial charge in [-0.05, 0) is 65.0 Å². The zero-order valence-electron chi connectivity index (χ0n) is 13.4.